The predicted octanol–water partition coefficient (Wildman–Crippen LogP) is 2.22. The number of nitrogens with two attached hydrogens (primary N) is 1. The van der Waals surface area contributed by atoms with E-state index in [0.717, 1.165) is 5.56 Å². The average Bonchev–Trinajstić information content (AvgIpc) is 2.52. The fraction of sp³-hybridized carbons (Fsp3) is 0.200. The van der Waals surface area contributed by atoms with E-state index in [4.69, 9.17) is 16.7 Å². The van der Waals surface area contributed by atoms with Crippen LogP contribution in [0, 0.1) is 0 Å². The van der Waals surface area contributed by atoms with Crippen LogP contribution in [0.25, 0.3) is 0 Å². The van der Waals surface area contributed by atoms with E-state index in [0.29, 0.717) is 5.02 Å². The molecule has 0 radical (unpaired) electrons. The highest BCUT2D eigenvalue weighted by molar-refractivity contribution is 7.89. The van der Waals surface area contributed by atoms with Gasteiger partial charge in [-0.2, -0.15) is 0 Å². The van der Waals surface area contributed by atoms with Gasteiger partial charge in [0.25, 0.3) is 5.91 Å². The Labute approximate surface area is 139 Å². The lowest BCUT2D eigenvalue weighted by Gasteiger charge is -2.25. The lowest BCUT2D eigenvalue weighted by molar-refractivity contribution is 0.0736. The van der Waals surface area contributed by atoms with Crippen LogP contribution in [0.15, 0.2) is 47.5 Å². The summed E-state index contributed by atoms with van der Waals surface area (Å²) < 4.78 is 22.5. The van der Waals surface area contributed by atoms with Crippen LogP contribution in [0.1, 0.15) is 29.0 Å². The zero-order valence-electron chi connectivity index (χ0n) is 12.6. The maximum Gasteiger partial charge on any atom is 0.272 e. The molecule has 23 heavy (non-hydrogen) atoms. The van der Waals surface area contributed by atoms with Gasteiger partial charge in [0.05, 0.1) is 10.9 Å². The van der Waals surface area contributed by atoms with E-state index in [2.05, 4.69) is 4.98 Å². The number of hydrogen-bond acceptors (Lipinski definition) is 4. The number of carbonyl (C=O) groups excluding carboxylic acids is 1. The number of amides is 1. The minimum atomic E-state index is -3.73. The standard InChI is InChI=1S/C15H16ClN3O3S/c1-10(11-3-5-13(6-4-11)23(17,21)22)19(2)15(20)14-9-12(16)7-8-18-14/h3-10H,1-2H3,(H2,17,21,22)/t10-/m1/s1. The number of primary sulfonamides is 1. The van der Waals surface area contributed by atoms with Crippen LogP contribution in [-0.2, 0) is 10.0 Å². The highest BCUT2D eigenvalue weighted by Gasteiger charge is 2.20. The summed E-state index contributed by atoms with van der Waals surface area (Å²) in [4.78, 5) is 18.0. The van der Waals surface area contributed by atoms with Crippen molar-refractivity contribution in [3.05, 3.63) is 58.9 Å². The molecule has 0 saturated carbocycles. The van der Waals surface area contributed by atoms with E-state index in [9.17, 15) is 13.2 Å². The van der Waals surface area contributed by atoms with Gasteiger partial charge in [0, 0.05) is 18.3 Å². The third-order valence-corrected chi connectivity index (χ3v) is 4.70. The molecule has 0 unspecified atom stereocenters. The second kappa shape index (κ2) is 6.66. The number of hydrogen-bond donors (Lipinski definition) is 1. The molecule has 0 fully saturated rings. The molecule has 122 valence electrons. The zero-order chi connectivity index (χ0) is 17.2. The van der Waals surface area contributed by atoms with E-state index in [1.54, 1.807) is 25.2 Å². The van der Waals surface area contributed by atoms with Crippen LogP contribution in [-0.4, -0.2) is 31.3 Å². The van der Waals surface area contributed by atoms with Crippen molar-refractivity contribution in [3.8, 4) is 0 Å². The van der Waals surface area contributed by atoms with Gasteiger partial charge < -0.3 is 4.90 Å². The summed E-state index contributed by atoms with van der Waals surface area (Å²) >= 11 is 5.87. The van der Waals surface area contributed by atoms with Gasteiger partial charge in [-0.1, -0.05) is 23.7 Å². The number of pyridine rings is 1. The van der Waals surface area contributed by atoms with E-state index < -0.39 is 10.0 Å². The van der Waals surface area contributed by atoms with Gasteiger partial charge in [0.15, 0.2) is 0 Å². The molecule has 1 atom stereocenters. The molecule has 0 spiro atoms. The van der Waals surface area contributed by atoms with Crippen LogP contribution in [0.3, 0.4) is 0 Å². The van der Waals surface area contributed by atoms with Crippen molar-refractivity contribution in [2.45, 2.75) is 17.9 Å². The maximum absolute atomic E-state index is 12.4. The summed E-state index contributed by atoms with van der Waals surface area (Å²) in [6, 6.07) is 8.89. The number of carbonyl (C=O) groups is 1. The topological polar surface area (TPSA) is 93.4 Å². The predicted molar refractivity (Wildman–Crippen MR) is 87.6 cm³/mol. The zero-order valence-corrected chi connectivity index (χ0v) is 14.2. The number of nitrogens with zero attached hydrogens (tertiary/aromatic N) is 2. The summed E-state index contributed by atoms with van der Waals surface area (Å²) in [5.74, 6) is -0.282. The first kappa shape index (κ1) is 17.4. The second-order valence-electron chi connectivity index (χ2n) is 5.07. The molecule has 8 heteroatoms. The minimum Gasteiger partial charge on any atom is -0.334 e. The molecule has 0 aliphatic heterocycles. The molecule has 0 aliphatic carbocycles. The van der Waals surface area contributed by atoms with Crippen LogP contribution in [0.4, 0.5) is 0 Å². The smallest absolute Gasteiger partial charge is 0.272 e. The fourth-order valence-electron chi connectivity index (χ4n) is 2.04. The molecule has 0 aliphatic rings. The first-order chi connectivity index (χ1) is 10.7. The van der Waals surface area contributed by atoms with Crippen molar-refractivity contribution in [2.75, 3.05) is 7.05 Å². The molecule has 0 bridgehead atoms. The van der Waals surface area contributed by atoms with Crippen molar-refractivity contribution >= 4 is 27.5 Å². The molecular weight excluding hydrogens is 338 g/mol. The van der Waals surface area contributed by atoms with E-state index in [1.165, 1.54) is 29.3 Å². The summed E-state index contributed by atoms with van der Waals surface area (Å²) in [6.07, 6.45) is 1.47. The van der Waals surface area contributed by atoms with Crippen molar-refractivity contribution in [3.63, 3.8) is 0 Å². The minimum absolute atomic E-state index is 0.0268. The molecule has 2 aromatic rings. The Bertz CT molecular complexity index is 822. The van der Waals surface area contributed by atoms with Crippen molar-refractivity contribution < 1.29 is 13.2 Å². The molecule has 1 heterocycles. The van der Waals surface area contributed by atoms with Crippen molar-refractivity contribution in [2.24, 2.45) is 5.14 Å². The largest absolute Gasteiger partial charge is 0.334 e. The molecule has 1 amide bonds. The SMILES string of the molecule is C[C@H](c1ccc(S(N)(=O)=O)cc1)N(C)C(=O)c1cc(Cl)ccn1. The number of benzene rings is 1. The monoisotopic (exact) mass is 353 g/mol. The Morgan fingerprint density at radius 3 is 2.39 bits per heavy atom. The lowest BCUT2D eigenvalue weighted by Crippen LogP contribution is -2.30. The highest BCUT2D eigenvalue weighted by atomic mass is 35.5. The van der Waals surface area contributed by atoms with Crippen molar-refractivity contribution in [1.29, 1.82) is 0 Å². The maximum atomic E-state index is 12.4. The molecule has 2 N–H and O–H groups in total. The highest BCUT2D eigenvalue weighted by Crippen LogP contribution is 2.22. The van der Waals surface area contributed by atoms with Crippen LogP contribution in [0.5, 0.6) is 0 Å². The van der Waals surface area contributed by atoms with Gasteiger partial charge >= 0.3 is 0 Å². The third kappa shape index (κ3) is 4.07. The Morgan fingerprint density at radius 1 is 1.26 bits per heavy atom. The summed E-state index contributed by atoms with van der Waals surface area (Å²) in [5, 5.41) is 5.50. The first-order valence-electron chi connectivity index (χ1n) is 6.71. The van der Waals surface area contributed by atoms with Crippen LogP contribution >= 0.6 is 11.6 Å². The Hall–Kier alpha value is -1.96. The number of sulfonamides is 1. The third-order valence-electron chi connectivity index (χ3n) is 3.53. The molecule has 1 aromatic heterocycles. The van der Waals surface area contributed by atoms with Gasteiger partial charge in [-0.05, 0) is 36.8 Å². The summed E-state index contributed by atoms with van der Waals surface area (Å²) in [6.45, 7) is 1.83. The molecule has 0 saturated heterocycles. The number of rotatable bonds is 4. The van der Waals surface area contributed by atoms with Gasteiger partial charge in [-0.25, -0.2) is 13.6 Å². The first-order valence-corrected chi connectivity index (χ1v) is 8.64. The Morgan fingerprint density at radius 2 is 1.87 bits per heavy atom. The van der Waals surface area contributed by atoms with Crippen molar-refractivity contribution in [1.82, 2.24) is 9.88 Å². The summed E-state index contributed by atoms with van der Waals surface area (Å²) in [7, 11) is -2.09. The van der Waals surface area contributed by atoms with Crippen LogP contribution < -0.4 is 5.14 Å². The molecule has 6 nitrogen and oxygen atoms in total. The average molecular weight is 354 g/mol. The van der Waals surface area contributed by atoms with E-state index in [-0.39, 0.29) is 22.5 Å². The van der Waals surface area contributed by atoms with Gasteiger partial charge in [0.1, 0.15) is 5.69 Å². The van der Waals surface area contributed by atoms with E-state index in [1.807, 2.05) is 6.92 Å². The molecule has 2 rings (SSSR count). The number of halogens is 1. The lowest BCUT2D eigenvalue weighted by atomic mass is 10.1. The van der Waals surface area contributed by atoms with Crippen LogP contribution in [0.2, 0.25) is 5.02 Å². The second-order valence-corrected chi connectivity index (χ2v) is 7.06. The fourth-order valence-corrected chi connectivity index (χ4v) is 2.71. The molecular formula is C15H16ClN3O3S. The van der Waals surface area contributed by atoms with Gasteiger partial charge in [0.2, 0.25) is 10.0 Å². The Balaban J connectivity index is 2.22. The Kier molecular flexibility index (Phi) is 5.03. The van der Waals surface area contributed by atoms with Gasteiger partial charge in [-0.15, -0.1) is 0 Å². The van der Waals surface area contributed by atoms with E-state index >= 15 is 0 Å². The number of aromatic nitrogens is 1. The quantitative estimate of drug-likeness (QED) is 0.911. The summed E-state index contributed by atoms with van der Waals surface area (Å²) in [5.41, 5.74) is 1.02. The van der Waals surface area contributed by atoms with Gasteiger partial charge in [-0.3, -0.25) is 9.78 Å². The molecule has 1 aromatic carbocycles. The normalized spacial score (nSPS) is 12.7.